The minimum Gasteiger partial charge on any atom is -0.479 e. The molecule has 19 heavy (non-hydrogen) atoms. The van der Waals surface area contributed by atoms with Crippen molar-refractivity contribution in [2.24, 2.45) is 0 Å². The van der Waals surface area contributed by atoms with Crippen LogP contribution in [-0.4, -0.2) is 23.8 Å². The van der Waals surface area contributed by atoms with Crippen molar-refractivity contribution in [3.05, 3.63) is 46.5 Å². The van der Waals surface area contributed by atoms with Crippen LogP contribution in [0, 0.1) is 0 Å². The zero-order valence-electron chi connectivity index (χ0n) is 9.73. The molecule has 1 atom stereocenters. The van der Waals surface area contributed by atoms with Gasteiger partial charge in [-0.1, -0.05) is 41.9 Å². The second kappa shape index (κ2) is 7.01. The highest BCUT2D eigenvalue weighted by atomic mass is 35.5. The molecule has 0 saturated heterocycles. The van der Waals surface area contributed by atoms with Gasteiger partial charge < -0.3 is 15.2 Å². The number of hydrogen-bond acceptors (Lipinski definition) is 3. The van der Waals surface area contributed by atoms with E-state index < -0.39 is 18.1 Å². The summed E-state index contributed by atoms with van der Waals surface area (Å²) in [5, 5.41) is 11.8. The number of carbonyl (C=O) groups excluding carboxylic acids is 1. The van der Waals surface area contributed by atoms with Gasteiger partial charge in [0.15, 0.2) is 6.04 Å². The van der Waals surface area contributed by atoms with Crippen LogP contribution in [-0.2, 0) is 9.53 Å². The van der Waals surface area contributed by atoms with Crippen LogP contribution in [0.5, 0.6) is 0 Å². The molecule has 0 aliphatic heterocycles. The highest BCUT2D eigenvalue weighted by Gasteiger charge is 2.25. The predicted octanol–water partition coefficient (Wildman–Crippen LogP) is 3.03. The lowest BCUT2D eigenvalue weighted by Crippen LogP contribution is -2.34. The quantitative estimate of drug-likeness (QED) is 0.820. The zero-order valence-corrected chi connectivity index (χ0v) is 11.2. The Hall–Kier alpha value is -1.72. The first kappa shape index (κ1) is 15.3. The van der Waals surface area contributed by atoms with E-state index in [0.717, 1.165) is 0 Å². The molecule has 2 N–H and O–H groups in total. The molecule has 0 radical (unpaired) electrons. The van der Waals surface area contributed by atoms with Crippen LogP contribution >= 0.6 is 23.2 Å². The summed E-state index contributed by atoms with van der Waals surface area (Å²) in [6.45, 7) is 3.35. The van der Waals surface area contributed by atoms with Crippen LogP contribution in [0.25, 0.3) is 0 Å². The summed E-state index contributed by atoms with van der Waals surface area (Å²) in [6, 6.07) is 2.99. The fourth-order valence-corrected chi connectivity index (χ4v) is 1.82. The maximum atomic E-state index is 11.4. The summed E-state index contributed by atoms with van der Waals surface area (Å²) in [7, 11) is 0. The fraction of sp³-hybridized carbons (Fsp3) is 0.167. The number of benzene rings is 1. The number of carbonyl (C=O) groups is 2. The van der Waals surface area contributed by atoms with Gasteiger partial charge in [0.05, 0.1) is 0 Å². The fourth-order valence-electron chi connectivity index (χ4n) is 1.30. The molecule has 1 amide bonds. The SMILES string of the molecule is C=CCOC(=O)NC(C(=O)O)c1ccc(Cl)cc1Cl. The molecule has 0 saturated carbocycles. The van der Waals surface area contributed by atoms with Crippen LogP contribution in [0.15, 0.2) is 30.9 Å². The molecule has 0 aliphatic carbocycles. The standard InChI is InChI=1S/C12H11Cl2NO4/c1-2-5-19-12(18)15-10(11(16)17)8-4-3-7(13)6-9(8)14/h2-4,6,10H,1,5H2,(H,15,18)(H,16,17). The molecule has 0 heterocycles. The van der Waals surface area contributed by atoms with E-state index in [2.05, 4.69) is 16.6 Å². The molecule has 0 bridgehead atoms. The molecular weight excluding hydrogens is 293 g/mol. The average molecular weight is 304 g/mol. The van der Waals surface area contributed by atoms with Crippen LogP contribution < -0.4 is 5.32 Å². The van der Waals surface area contributed by atoms with E-state index in [-0.39, 0.29) is 17.2 Å². The molecule has 1 aromatic rings. The van der Waals surface area contributed by atoms with Crippen molar-refractivity contribution in [3.8, 4) is 0 Å². The van der Waals surface area contributed by atoms with Crippen molar-refractivity contribution in [1.82, 2.24) is 5.32 Å². The van der Waals surface area contributed by atoms with Crippen molar-refractivity contribution < 1.29 is 19.4 Å². The Labute approximate surface area is 119 Å². The van der Waals surface area contributed by atoms with Crippen molar-refractivity contribution in [3.63, 3.8) is 0 Å². The number of hydrogen-bond donors (Lipinski definition) is 2. The summed E-state index contributed by atoms with van der Waals surface area (Å²) < 4.78 is 4.66. The average Bonchev–Trinajstić information content (AvgIpc) is 2.34. The number of halogens is 2. The lowest BCUT2D eigenvalue weighted by atomic mass is 10.1. The summed E-state index contributed by atoms with van der Waals surface area (Å²) in [6.07, 6.45) is 0.489. The van der Waals surface area contributed by atoms with Gasteiger partial charge in [-0.05, 0) is 12.1 Å². The molecule has 1 unspecified atom stereocenters. The van der Waals surface area contributed by atoms with Crippen LogP contribution in [0.1, 0.15) is 11.6 Å². The third-order valence-electron chi connectivity index (χ3n) is 2.11. The molecule has 0 aromatic heterocycles. The first-order valence-electron chi connectivity index (χ1n) is 5.17. The third-order valence-corrected chi connectivity index (χ3v) is 2.68. The number of carboxylic acid groups (broad SMARTS) is 1. The van der Waals surface area contributed by atoms with E-state index in [4.69, 9.17) is 28.3 Å². The van der Waals surface area contributed by atoms with Gasteiger partial charge in [-0.3, -0.25) is 0 Å². The second-order valence-corrected chi connectivity index (χ2v) is 4.31. The molecule has 5 nitrogen and oxygen atoms in total. The van der Waals surface area contributed by atoms with Gasteiger partial charge in [0.25, 0.3) is 0 Å². The van der Waals surface area contributed by atoms with Gasteiger partial charge in [0.1, 0.15) is 6.61 Å². The summed E-state index contributed by atoms with van der Waals surface area (Å²) in [5.74, 6) is -1.26. The first-order chi connectivity index (χ1) is 8.95. The summed E-state index contributed by atoms with van der Waals surface area (Å²) >= 11 is 11.6. The predicted molar refractivity (Wildman–Crippen MR) is 71.5 cm³/mol. The lowest BCUT2D eigenvalue weighted by molar-refractivity contribution is -0.139. The van der Waals surface area contributed by atoms with Crippen LogP contribution in [0.4, 0.5) is 4.79 Å². The van der Waals surface area contributed by atoms with E-state index >= 15 is 0 Å². The normalized spacial score (nSPS) is 11.5. The van der Waals surface area contributed by atoms with E-state index in [1.807, 2.05) is 0 Å². The Morgan fingerprint density at radius 2 is 2.16 bits per heavy atom. The molecule has 102 valence electrons. The van der Waals surface area contributed by atoms with Crippen LogP contribution in [0.2, 0.25) is 10.0 Å². The maximum Gasteiger partial charge on any atom is 0.408 e. The van der Waals surface area contributed by atoms with Crippen molar-refractivity contribution in [1.29, 1.82) is 0 Å². The largest absolute Gasteiger partial charge is 0.479 e. The number of carboxylic acids is 1. The highest BCUT2D eigenvalue weighted by molar-refractivity contribution is 6.35. The number of ether oxygens (including phenoxy) is 1. The van der Waals surface area contributed by atoms with Crippen LogP contribution in [0.3, 0.4) is 0 Å². The molecule has 1 rings (SSSR count). The maximum absolute atomic E-state index is 11.4. The number of alkyl carbamates (subject to hydrolysis) is 1. The molecule has 7 heteroatoms. The van der Waals surface area contributed by atoms with E-state index in [0.29, 0.717) is 5.02 Å². The Bertz CT molecular complexity index is 505. The zero-order chi connectivity index (χ0) is 14.4. The summed E-state index contributed by atoms with van der Waals surface area (Å²) in [5.41, 5.74) is 0.217. The highest BCUT2D eigenvalue weighted by Crippen LogP contribution is 2.26. The summed E-state index contributed by atoms with van der Waals surface area (Å²) in [4.78, 5) is 22.5. The van der Waals surface area contributed by atoms with Crippen molar-refractivity contribution in [2.45, 2.75) is 6.04 Å². The molecular formula is C12H11Cl2NO4. The minimum atomic E-state index is -1.32. The Kier molecular flexibility index (Phi) is 5.66. The Balaban J connectivity index is 2.91. The molecule has 0 fully saturated rings. The molecule has 0 spiro atoms. The van der Waals surface area contributed by atoms with Crippen molar-refractivity contribution in [2.75, 3.05) is 6.61 Å². The monoisotopic (exact) mass is 303 g/mol. The van der Waals surface area contributed by atoms with E-state index in [9.17, 15) is 9.59 Å². The van der Waals surface area contributed by atoms with Crippen molar-refractivity contribution >= 4 is 35.3 Å². The smallest absolute Gasteiger partial charge is 0.408 e. The molecule has 1 aromatic carbocycles. The topological polar surface area (TPSA) is 75.6 Å². The van der Waals surface area contributed by atoms with Gasteiger partial charge in [-0.15, -0.1) is 0 Å². The van der Waals surface area contributed by atoms with Gasteiger partial charge in [-0.25, -0.2) is 9.59 Å². The minimum absolute atomic E-state index is 0.0213. The Morgan fingerprint density at radius 3 is 2.68 bits per heavy atom. The van der Waals surface area contributed by atoms with E-state index in [1.54, 1.807) is 0 Å². The van der Waals surface area contributed by atoms with Gasteiger partial charge >= 0.3 is 12.1 Å². The number of aliphatic carboxylic acids is 1. The number of nitrogens with one attached hydrogen (secondary N) is 1. The number of amides is 1. The van der Waals surface area contributed by atoms with Gasteiger partial charge in [0, 0.05) is 15.6 Å². The van der Waals surface area contributed by atoms with Gasteiger partial charge in [-0.2, -0.15) is 0 Å². The second-order valence-electron chi connectivity index (χ2n) is 3.47. The van der Waals surface area contributed by atoms with E-state index in [1.165, 1.54) is 24.3 Å². The number of rotatable bonds is 5. The molecule has 0 aliphatic rings. The third kappa shape index (κ3) is 4.46. The Morgan fingerprint density at radius 1 is 1.47 bits per heavy atom. The first-order valence-corrected chi connectivity index (χ1v) is 5.93. The van der Waals surface area contributed by atoms with Gasteiger partial charge in [0.2, 0.25) is 0 Å². The lowest BCUT2D eigenvalue weighted by Gasteiger charge is -2.16.